The van der Waals surface area contributed by atoms with E-state index in [9.17, 15) is 18.0 Å². The lowest BCUT2D eigenvalue weighted by Gasteiger charge is -2.16. The molecular weight excluding hydrogens is 325 g/mol. The van der Waals surface area contributed by atoms with Crippen LogP contribution in [0, 0.1) is 0 Å². The number of halogens is 3. The SMILES string of the molecule is CCCOc1ccc2nc(C(F)(F)F)c(CN3CCCC3=O)n2n1. The fourth-order valence-corrected chi connectivity index (χ4v) is 2.67. The fourth-order valence-electron chi connectivity index (χ4n) is 2.67. The number of hydrogen-bond donors (Lipinski definition) is 0. The number of fused-ring (bicyclic) bond motifs is 1. The van der Waals surface area contributed by atoms with Crippen molar-refractivity contribution in [1.82, 2.24) is 19.5 Å². The second-order valence-electron chi connectivity index (χ2n) is 5.61. The summed E-state index contributed by atoms with van der Waals surface area (Å²) < 4.78 is 46.5. The van der Waals surface area contributed by atoms with Gasteiger partial charge >= 0.3 is 6.18 Å². The number of carbonyl (C=O) groups is 1. The van der Waals surface area contributed by atoms with Gasteiger partial charge in [0.05, 0.1) is 18.8 Å². The van der Waals surface area contributed by atoms with Crippen LogP contribution in [0.4, 0.5) is 13.2 Å². The Kier molecular flexibility index (Phi) is 4.33. The predicted octanol–water partition coefficient (Wildman–Crippen LogP) is 2.66. The molecule has 9 heteroatoms. The van der Waals surface area contributed by atoms with Gasteiger partial charge in [0.1, 0.15) is 0 Å². The van der Waals surface area contributed by atoms with Gasteiger partial charge < -0.3 is 9.64 Å². The first-order valence-corrected chi connectivity index (χ1v) is 7.76. The molecule has 0 atom stereocenters. The maximum absolute atomic E-state index is 13.3. The molecule has 0 spiro atoms. The van der Waals surface area contributed by atoms with E-state index in [4.69, 9.17) is 4.74 Å². The predicted molar refractivity (Wildman–Crippen MR) is 78.4 cm³/mol. The second-order valence-corrected chi connectivity index (χ2v) is 5.61. The minimum absolute atomic E-state index is 0.0767. The molecule has 0 aliphatic carbocycles. The number of ether oxygens (including phenoxy) is 1. The number of hydrogen-bond acceptors (Lipinski definition) is 4. The summed E-state index contributed by atoms with van der Waals surface area (Å²) >= 11 is 0. The number of aromatic nitrogens is 3. The van der Waals surface area contributed by atoms with E-state index in [-0.39, 0.29) is 29.7 Å². The Morgan fingerprint density at radius 3 is 2.75 bits per heavy atom. The normalized spacial score (nSPS) is 15.5. The third kappa shape index (κ3) is 3.15. The Hall–Kier alpha value is -2.32. The zero-order chi connectivity index (χ0) is 17.3. The van der Waals surface area contributed by atoms with Gasteiger partial charge in [0.2, 0.25) is 11.8 Å². The van der Waals surface area contributed by atoms with Crippen molar-refractivity contribution in [3.63, 3.8) is 0 Å². The molecule has 2 aromatic heterocycles. The third-order valence-electron chi connectivity index (χ3n) is 3.78. The van der Waals surface area contributed by atoms with Gasteiger partial charge in [-0.3, -0.25) is 4.79 Å². The van der Waals surface area contributed by atoms with Gasteiger partial charge in [-0.2, -0.15) is 13.2 Å². The van der Waals surface area contributed by atoms with Crippen molar-refractivity contribution in [1.29, 1.82) is 0 Å². The summed E-state index contributed by atoms with van der Waals surface area (Å²) in [5.74, 6) is 0.0703. The van der Waals surface area contributed by atoms with E-state index >= 15 is 0 Å². The van der Waals surface area contributed by atoms with Crippen molar-refractivity contribution < 1.29 is 22.7 Å². The van der Waals surface area contributed by atoms with Gasteiger partial charge in [0.15, 0.2) is 11.3 Å². The molecule has 1 saturated heterocycles. The summed E-state index contributed by atoms with van der Waals surface area (Å²) in [6.45, 7) is 2.61. The first kappa shape index (κ1) is 16.5. The summed E-state index contributed by atoms with van der Waals surface area (Å²) in [6, 6.07) is 2.92. The molecule has 24 heavy (non-hydrogen) atoms. The average molecular weight is 342 g/mol. The van der Waals surface area contributed by atoms with Crippen LogP contribution in [0.25, 0.3) is 5.65 Å². The summed E-state index contributed by atoms with van der Waals surface area (Å²) in [5.41, 5.74) is -1.08. The van der Waals surface area contributed by atoms with Crippen LogP contribution >= 0.6 is 0 Å². The Morgan fingerprint density at radius 2 is 2.12 bits per heavy atom. The molecule has 0 unspecified atom stereocenters. The van der Waals surface area contributed by atoms with Crippen LogP contribution in [0.2, 0.25) is 0 Å². The highest BCUT2D eigenvalue weighted by Gasteiger charge is 2.39. The zero-order valence-electron chi connectivity index (χ0n) is 13.1. The Labute approximate surface area is 136 Å². The van der Waals surface area contributed by atoms with Gasteiger partial charge in [-0.1, -0.05) is 6.92 Å². The van der Waals surface area contributed by atoms with E-state index in [1.54, 1.807) is 0 Å². The maximum atomic E-state index is 13.3. The molecular formula is C15H17F3N4O2. The van der Waals surface area contributed by atoms with E-state index in [0.717, 1.165) is 10.9 Å². The van der Waals surface area contributed by atoms with E-state index in [1.165, 1.54) is 17.0 Å². The van der Waals surface area contributed by atoms with Crippen molar-refractivity contribution in [2.24, 2.45) is 0 Å². The fraction of sp³-hybridized carbons (Fsp3) is 0.533. The number of rotatable bonds is 5. The minimum Gasteiger partial charge on any atom is -0.477 e. The van der Waals surface area contributed by atoms with Gasteiger partial charge in [-0.15, -0.1) is 5.10 Å². The smallest absolute Gasteiger partial charge is 0.435 e. The average Bonchev–Trinajstić information content (AvgIpc) is 3.09. The summed E-state index contributed by atoms with van der Waals surface area (Å²) in [4.78, 5) is 16.8. The molecule has 130 valence electrons. The zero-order valence-corrected chi connectivity index (χ0v) is 13.1. The maximum Gasteiger partial charge on any atom is 0.435 e. The number of alkyl halides is 3. The molecule has 2 aromatic rings. The summed E-state index contributed by atoms with van der Waals surface area (Å²) in [5, 5.41) is 4.11. The highest BCUT2D eigenvalue weighted by Crippen LogP contribution is 2.33. The van der Waals surface area contributed by atoms with Crippen LogP contribution in [0.5, 0.6) is 5.88 Å². The molecule has 0 N–H and O–H groups in total. The Bertz CT molecular complexity index is 757. The molecule has 0 aromatic carbocycles. The van der Waals surface area contributed by atoms with Crippen molar-refractivity contribution >= 4 is 11.6 Å². The van der Waals surface area contributed by atoms with Crippen molar-refractivity contribution in [3.05, 3.63) is 23.5 Å². The lowest BCUT2D eigenvalue weighted by molar-refractivity contribution is -0.142. The van der Waals surface area contributed by atoms with Crippen LogP contribution in [0.15, 0.2) is 12.1 Å². The van der Waals surface area contributed by atoms with Gasteiger partial charge in [-0.05, 0) is 18.9 Å². The van der Waals surface area contributed by atoms with Gasteiger partial charge in [0.25, 0.3) is 0 Å². The van der Waals surface area contributed by atoms with E-state index in [1.807, 2.05) is 6.92 Å². The number of amides is 1. The van der Waals surface area contributed by atoms with Gasteiger partial charge in [-0.25, -0.2) is 9.50 Å². The highest BCUT2D eigenvalue weighted by molar-refractivity contribution is 5.78. The lowest BCUT2D eigenvalue weighted by Crippen LogP contribution is -2.26. The summed E-state index contributed by atoms with van der Waals surface area (Å²) in [6.07, 6.45) is -2.85. The third-order valence-corrected chi connectivity index (χ3v) is 3.78. The molecule has 3 rings (SSSR count). The standard InChI is InChI=1S/C15H17F3N4O2/c1-2-8-24-12-6-5-11-19-14(15(16,17)18)10(22(11)20-12)9-21-7-3-4-13(21)23/h5-6H,2-4,7-9H2,1H3. The first-order chi connectivity index (χ1) is 11.4. The molecule has 1 fully saturated rings. The van der Waals surface area contributed by atoms with Crippen molar-refractivity contribution in [2.45, 2.75) is 38.9 Å². The number of carbonyl (C=O) groups excluding carboxylic acids is 1. The van der Waals surface area contributed by atoms with E-state index in [2.05, 4.69) is 10.1 Å². The molecule has 3 heterocycles. The largest absolute Gasteiger partial charge is 0.477 e. The minimum atomic E-state index is -4.61. The molecule has 6 nitrogen and oxygen atoms in total. The lowest BCUT2D eigenvalue weighted by atomic mass is 10.3. The van der Waals surface area contributed by atoms with E-state index in [0.29, 0.717) is 26.0 Å². The highest BCUT2D eigenvalue weighted by atomic mass is 19.4. The van der Waals surface area contributed by atoms with Gasteiger partial charge in [0, 0.05) is 19.0 Å². The molecule has 0 saturated carbocycles. The second kappa shape index (κ2) is 6.29. The quantitative estimate of drug-likeness (QED) is 0.838. The number of nitrogens with zero attached hydrogens (tertiary/aromatic N) is 4. The molecule has 1 amide bonds. The number of likely N-dealkylation sites (tertiary alicyclic amines) is 1. The topological polar surface area (TPSA) is 59.7 Å². The summed E-state index contributed by atoms with van der Waals surface area (Å²) in [7, 11) is 0. The molecule has 1 aliphatic heterocycles. The molecule has 0 radical (unpaired) electrons. The Balaban J connectivity index is 2.05. The van der Waals surface area contributed by atoms with Crippen LogP contribution in [0.1, 0.15) is 37.6 Å². The number of imidazole rings is 1. The first-order valence-electron chi connectivity index (χ1n) is 7.76. The monoisotopic (exact) mass is 342 g/mol. The molecule has 1 aliphatic rings. The van der Waals surface area contributed by atoms with Crippen LogP contribution in [-0.4, -0.2) is 38.6 Å². The van der Waals surface area contributed by atoms with Crippen LogP contribution in [0.3, 0.4) is 0 Å². The van der Waals surface area contributed by atoms with Crippen LogP contribution in [-0.2, 0) is 17.5 Å². The van der Waals surface area contributed by atoms with E-state index < -0.39 is 11.9 Å². The van der Waals surface area contributed by atoms with Crippen molar-refractivity contribution in [3.8, 4) is 5.88 Å². The Morgan fingerprint density at radius 1 is 1.33 bits per heavy atom. The van der Waals surface area contributed by atoms with Crippen LogP contribution < -0.4 is 4.74 Å². The van der Waals surface area contributed by atoms with Crippen molar-refractivity contribution in [2.75, 3.05) is 13.2 Å². The molecule has 0 bridgehead atoms.